The normalized spacial score (nSPS) is 15.1. The molecule has 1 aliphatic rings. The zero-order valence-electron chi connectivity index (χ0n) is 14.4. The van der Waals surface area contributed by atoms with Crippen LogP contribution in [0.4, 0.5) is 0 Å². The zero-order valence-corrected chi connectivity index (χ0v) is 14.4. The van der Waals surface area contributed by atoms with Gasteiger partial charge in [0.2, 0.25) is 0 Å². The highest BCUT2D eigenvalue weighted by atomic mass is 16.4. The van der Waals surface area contributed by atoms with Crippen LogP contribution in [0.15, 0.2) is 41.1 Å². The molecule has 1 fully saturated rings. The number of pyridine rings is 1. The molecule has 6 heteroatoms. The van der Waals surface area contributed by atoms with Gasteiger partial charge in [0, 0.05) is 12.4 Å². The number of furan rings is 1. The lowest BCUT2D eigenvalue weighted by molar-refractivity contribution is 0.0919. The molecule has 0 unspecified atom stereocenters. The van der Waals surface area contributed by atoms with Crippen molar-refractivity contribution in [2.45, 2.75) is 32.9 Å². The van der Waals surface area contributed by atoms with Crippen LogP contribution < -0.4 is 5.32 Å². The van der Waals surface area contributed by atoms with E-state index in [1.165, 1.54) is 12.8 Å². The summed E-state index contributed by atoms with van der Waals surface area (Å²) in [5, 5.41) is 2.88. The van der Waals surface area contributed by atoms with Gasteiger partial charge in [-0.05, 0) is 62.7 Å². The average molecular weight is 338 g/mol. The summed E-state index contributed by atoms with van der Waals surface area (Å²) in [5.74, 6) is 0.991. The molecule has 0 spiro atoms. The van der Waals surface area contributed by atoms with E-state index >= 15 is 0 Å². The molecule has 25 heavy (non-hydrogen) atoms. The summed E-state index contributed by atoms with van der Waals surface area (Å²) >= 11 is 0. The first-order valence-corrected chi connectivity index (χ1v) is 8.71. The standard InChI is InChI=1S/C19H22N4O2/c1-14-6-9-23-12-15(21-18(23)10-14)11-20-19(24)17-5-4-16(25-17)13-22-7-2-3-8-22/h4-6,9-10,12H,2-3,7-8,11,13H2,1H3,(H,20,24). The largest absolute Gasteiger partial charge is 0.455 e. The van der Waals surface area contributed by atoms with Gasteiger partial charge in [0.1, 0.15) is 11.4 Å². The monoisotopic (exact) mass is 338 g/mol. The molecule has 0 saturated carbocycles. The van der Waals surface area contributed by atoms with E-state index in [4.69, 9.17) is 4.42 Å². The van der Waals surface area contributed by atoms with Crippen molar-refractivity contribution >= 4 is 11.6 Å². The summed E-state index contributed by atoms with van der Waals surface area (Å²) in [5.41, 5.74) is 2.87. The number of aryl methyl sites for hydroxylation is 1. The Bertz CT molecular complexity index is 890. The van der Waals surface area contributed by atoms with E-state index in [1.807, 2.05) is 41.9 Å². The van der Waals surface area contributed by atoms with Crippen molar-refractivity contribution in [2.75, 3.05) is 13.1 Å². The quantitative estimate of drug-likeness (QED) is 0.777. The van der Waals surface area contributed by atoms with Gasteiger partial charge >= 0.3 is 0 Å². The molecule has 0 aromatic carbocycles. The summed E-state index contributed by atoms with van der Waals surface area (Å²) in [4.78, 5) is 19.2. The second kappa shape index (κ2) is 6.72. The summed E-state index contributed by atoms with van der Waals surface area (Å²) in [6.07, 6.45) is 6.38. The highest BCUT2D eigenvalue weighted by Gasteiger charge is 2.16. The van der Waals surface area contributed by atoms with Crippen LogP contribution in [0.3, 0.4) is 0 Å². The van der Waals surface area contributed by atoms with Crippen molar-refractivity contribution in [3.63, 3.8) is 0 Å². The number of hydrogen-bond donors (Lipinski definition) is 1. The molecule has 4 heterocycles. The minimum atomic E-state index is -0.207. The fourth-order valence-corrected chi connectivity index (χ4v) is 3.23. The van der Waals surface area contributed by atoms with Crippen LogP contribution in [0.2, 0.25) is 0 Å². The average Bonchev–Trinajstić information content (AvgIpc) is 3.33. The molecular weight excluding hydrogens is 316 g/mol. The van der Waals surface area contributed by atoms with E-state index < -0.39 is 0 Å². The first kappa shape index (κ1) is 15.9. The molecule has 0 bridgehead atoms. The number of rotatable bonds is 5. The van der Waals surface area contributed by atoms with Crippen molar-refractivity contribution in [1.82, 2.24) is 19.6 Å². The van der Waals surface area contributed by atoms with Crippen LogP contribution in [-0.4, -0.2) is 33.3 Å². The van der Waals surface area contributed by atoms with Crippen LogP contribution in [0.5, 0.6) is 0 Å². The third-order valence-electron chi connectivity index (χ3n) is 4.56. The minimum Gasteiger partial charge on any atom is -0.455 e. The summed E-state index contributed by atoms with van der Waals surface area (Å²) in [6, 6.07) is 7.68. The second-order valence-electron chi connectivity index (χ2n) is 6.63. The molecule has 1 saturated heterocycles. The van der Waals surface area contributed by atoms with Gasteiger partial charge in [0.15, 0.2) is 5.76 Å². The lowest BCUT2D eigenvalue weighted by Crippen LogP contribution is -2.22. The Labute approximate surface area is 146 Å². The predicted octanol–water partition coefficient (Wildman–Crippen LogP) is 2.76. The van der Waals surface area contributed by atoms with E-state index in [1.54, 1.807) is 6.07 Å². The van der Waals surface area contributed by atoms with Crippen molar-refractivity contribution < 1.29 is 9.21 Å². The number of amides is 1. The van der Waals surface area contributed by atoms with Crippen molar-refractivity contribution in [1.29, 1.82) is 0 Å². The number of carbonyl (C=O) groups excluding carboxylic acids is 1. The number of likely N-dealkylation sites (tertiary alicyclic amines) is 1. The van der Waals surface area contributed by atoms with Crippen LogP contribution >= 0.6 is 0 Å². The fourth-order valence-electron chi connectivity index (χ4n) is 3.23. The van der Waals surface area contributed by atoms with Crippen molar-refractivity contribution in [3.8, 4) is 0 Å². The number of imidazole rings is 1. The van der Waals surface area contributed by atoms with Gasteiger partial charge in [-0.2, -0.15) is 0 Å². The van der Waals surface area contributed by atoms with Gasteiger partial charge in [0.25, 0.3) is 5.91 Å². The van der Waals surface area contributed by atoms with Gasteiger partial charge in [0.05, 0.1) is 18.8 Å². The number of nitrogens with zero attached hydrogens (tertiary/aromatic N) is 3. The first-order valence-electron chi connectivity index (χ1n) is 8.71. The Morgan fingerprint density at radius 3 is 2.96 bits per heavy atom. The minimum absolute atomic E-state index is 0.207. The van der Waals surface area contributed by atoms with E-state index in [-0.39, 0.29) is 5.91 Å². The lowest BCUT2D eigenvalue weighted by atomic mass is 10.3. The lowest BCUT2D eigenvalue weighted by Gasteiger charge is -2.11. The Morgan fingerprint density at radius 2 is 2.12 bits per heavy atom. The number of aromatic nitrogens is 2. The number of nitrogens with one attached hydrogen (secondary N) is 1. The molecule has 3 aromatic heterocycles. The van der Waals surface area contributed by atoms with Gasteiger partial charge in [-0.3, -0.25) is 9.69 Å². The third-order valence-corrected chi connectivity index (χ3v) is 4.56. The van der Waals surface area contributed by atoms with Gasteiger partial charge in [-0.1, -0.05) is 0 Å². The first-order chi connectivity index (χ1) is 12.2. The van der Waals surface area contributed by atoms with Crippen LogP contribution in [-0.2, 0) is 13.1 Å². The van der Waals surface area contributed by atoms with E-state index in [9.17, 15) is 4.79 Å². The molecule has 1 amide bonds. The van der Waals surface area contributed by atoms with E-state index in [2.05, 4.69) is 15.2 Å². The summed E-state index contributed by atoms with van der Waals surface area (Å²) < 4.78 is 7.65. The summed E-state index contributed by atoms with van der Waals surface area (Å²) in [6.45, 7) is 5.40. The topological polar surface area (TPSA) is 62.8 Å². The maximum Gasteiger partial charge on any atom is 0.287 e. The molecule has 0 aliphatic carbocycles. The Hall–Kier alpha value is -2.60. The highest BCUT2D eigenvalue weighted by Crippen LogP contribution is 2.15. The molecule has 1 aliphatic heterocycles. The third kappa shape index (κ3) is 3.58. The second-order valence-corrected chi connectivity index (χ2v) is 6.63. The number of carbonyl (C=O) groups is 1. The maximum absolute atomic E-state index is 12.3. The van der Waals surface area contributed by atoms with Gasteiger partial charge in [-0.25, -0.2) is 4.98 Å². The molecule has 0 atom stereocenters. The molecule has 3 aromatic rings. The van der Waals surface area contributed by atoms with Crippen LogP contribution in [0.25, 0.3) is 5.65 Å². The van der Waals surface area contributed by atoms with Crippen molar-refractivity contribution in [3.05, 3.63) is 59.4 Å². The van der Waals surface area contributed by atoms with Crippen LogP contribution in [0, 0.1) is 6.92 Å². The highest BCUT2D eigenvalue weighted by molar-refractivity contribution is 5.91. The Kier molecular flexibility index (Phi) is 4.28. The molecule has 1 N–H and O–H groups in total. The maximum atomic E-state index is 12.3. The Balaban J connectivity index is 1.37. The van der Waals surface area contributed by atoms with Gasteiger partial charge in [-0.15, -0.1) is 0 Å². The SMILES string of the molecule is Cc1ccn2cc(CNC(=O)c3ccc(CN4CCCC4)o3)nc2c1. The molecular formula is C19H22N4O2. The van der Waals surface area contributed by atoms with Crippen molar-refractivity contribution in [2.24, 2.45) is 0 Å². The summed E-state index contributed by atoms with van der Waals surface area (Å²) in [7, 11) is 0. The van der Waals surface area contributed by atoms with E-state index in [0.29, 0.717) is 12.3 Å². The molecule has 130 valence electrons. The van der Waals surface area contributed by atoms with E-state index in [0.717, 1.165) is 42.3 Å². The van der Waals surface area contributed by atoms with Gasteiger partial charge < -0.3 is 14.1 Å². The Morgan fingerprint density at radius 1 is 1.28 bits per heavy atom. The fraction of sp³-hybridized carbons (Fsp3) is 0.368. The number of fused-ring (bicyclic) bond motifs is 1. The predicted molar refractivity (Wildman–Crippen MR) is 94.3 cm³/mol. The van der Waals surface area contributed by atoms with Crippen LogP contribution in [0.1, 0.15) is 40.4 Å². The molecule has 0 radical (unpaired) electrons. The number of hydrogen-bond acceptors (Lipinski definition) is 4. The molecule has 6 nitrogen and oxygen atoms in total. The zero-order chi connectivity index (χ0) is 17.2. The molecule has 4 rings (SSSR count). The smallest absolute Gasteiger partial charge is 0.287 e.